The molecule has 0 atom stereocenters. The van der Waals surface area contributed by atoms with Crippen molar-refractivity contribution in [3.05, 3.63) is 91.9 Å². The Hall–Kier alpha value is -3.75. The van der Waals surface area contributed by atoms with E-state index >= 15 is 0 Å². The fourth-order valence-electron chi connectivity index (χ4n) is 3.56. The van der Waals surface area contributed by atoms with E-state index in [1.54, 1.807) is 24.3 Å². The molecule has 162 valence electrons. The van der Waals surface area contributed by atoms with Crippen LogP contribution in [0.3, 0.4) is 0 Å². The number of hydrogen-bond acceptors (Lipinski definition) is 6. The number of oxazole rings is 1. The molecule has 33 heavy (non-hydrogen) atoms. The number of phenols is 1. The van der Waals surface area contributed by atoms with E-state index in [0.717, 1.165) is 16.3 Å². The van der Waals surface area contributed by atoms with E-state index in [-0.39, 0.29) is 5.56 Å². The van der Waals surface area contributed by atoms with Gasteiger partial charge >= 0.3 is 5.69 Å². The van der Waals surface area contributed by atoms with Gasteiger partial charge in [-0.25, -0.2) is 4.98 Å². The summed E-state index contributed by atoms with van der Waals surface area (Å²) in [6.45, 7) is 0. The first-order valence-electron chi connectivity index (χ1n) is 9.70. The molecule has 0 saturated heterocycles. The van der Waals surface area contributed by atoms with Gasteiger partial charge in [0.1, 0.15) is 5.52 Å². The summed E-state index contributed by atoms with van der Waals surface area (Å²) < 4.78 is 6.43. The molecule has 1 heterocycles. The Morgan fingerprint density at radius 2 is 1.88 bits per heavy atom. The number of aliphatic imine (C=N–C) groups is 1. The highest BCUT2D eigenvalue weighted by atomic mass is 79.9. The predicted octanol–water partition coefficient (Wildman–Crippen LogP) is 7.43. The molecule has 5 rings (SSSR count). The molecule has 0 aliphatic carbocycles. The van der Waals surface area contributed by atoms with Crippen LogP contribution in [0.4, 0.5) is 11.4 Å². The van der Waals surface area contributed by atoms with Crippen molar-refractivity contribution in [1.82, 2.24) is 4.98 Å². The van der Waals surface area contributed by atoms with E-state index in [2.05, 4.69) is 25.9 Å². The molecular formula is C24H13BrClN3O4. The number of phenolic OH excluding ortho intramolecular Hbond substituents is 1. The normalized spacial score (nSPS) is 11.6. The number of benzene rings is 4. The van der Waals surface area contributed by atoms with E-state index in [0.29, 0.717) is 32.2 Å². The number of aromatic nitrogens is 1. The monoisotopic (exact) mass is 521 g/mol. The Morgan fingerprint density at radius 1 is 1.09 bits per heavy atom. The lowest BCUT2D eigenvalue weighted by Crippen LogP contribution is -1.92. The molecule has 0 unspecified atom stereocenters. The first-order chi connectivity index (χ1) is 15.9. The van der Waals surface area contributed by atoms with Crippen LogP contribution < -0.4 is 0 Å². The molecule has 4 aromatic carbocycles. The Bertz CT molecular complexity index is 1600. The lowest BCUT2D eigenvalue weighted by Gasteiger charge is -2.04. The quantitative estimate of drug-likeness (QED) is 0.150. The molecule has 7 nitrogen and oxygen atoms in total. The van der Waals surface area contributed by atoms with Crippen molar-refractivity contribution in [2.75, 3.05) is 0 Å². The minimum atomic E-state index is -0.652. The summed E-state index contributed by atoms with van der Waals surface area (Å²) in [5.41, 5.74) is 2.36. The zero-order chi connectivity index (χ0) is 23.1. The SMILES string of the molecule is O=[N+]([O-])c1cc(Br)cc(C=Nc2ccc3oc(-c4cccc5c(Cl)cccc45)nc3c2)c1O. The highest BCUT2D eigenvalue weighted by molar-refractivity contribution is 9.10. The van der Waals surface area contributed by atoms with Gasteiger partial charge in [0.2, 0.25) is 11.6 Å². The number of fused-ring (bicyclic) bond motifs is 2. The summed E-state index contributed by atoms with van der Waals surface area (Å²) in [5.74, 6) is 0.00521. The summed E-state index contributed by atoms with van der Waals surface area (Å²) in [4.78, 5) is 19.4. The molecule has 0 fully saturated rings. The van der Waals surface area contributed by atoms with Gasteiger partial charge < -0.3 is 9.52 Å². The van der Waals surface area contributed by atoms with Crippen molar-refractivity contribution < 1.29 is 14.4 Å². The van der Waals surface area contributed by atoms with Crippen LogP contribution in [0.1, 0.15) is 5.56 Å². The van der Waals surface area contributed by atoms with Gasteiger partial charge in [0, 0.05) is 38.3 Å². The third-order valence-corrected chi connectivity index (χ3v) is 5.89. The molecule has 0 aliphatic rings. The lowest BCUT2D eigenvalue weighted by atomic mass is 10.0. The molecule has 0 spiro atoms. The summed E-state index contributed by atoms with van der Waals surface area (Å²) in [7, 11) is 0. The highest BCUT2D eigenvalue weighted by Crippen LogP contribution is 2.35. The third kappa shape index (κ3) is 3.94. The van der Waals surface area contributed by atoms with Gasteiger partial charge in [-0.05, 0) is 41.8 Å². The Labute approximate surface area is 200 Å². The average Bonchev–Trinajstić information content (AvgIpc) is 3.22. The minimum Gasteiger partial charge on any atom is -0.502 e. The van der Waals surface area contributed by atoms with E-state index in [9.17, 15) is 15.2 Å². The van der Waals surface area contributed by atoms with Crippen molar-refractivity contribution in [3.63, 3.8) is 0 Å². The first kappa shape index (κ1) is 21.1. The molecule has 0 saturated carbocycles. The number of nitro groups is 1. The van der Waals surface area contributed by atoms with Crippen LogP contribution in [0.15, 0.2) is 80.6 Å². The zero-order valence-corrected chi connectivity index (χ0v) is 19.0. The second-order valence-corrected chi connectivity index (χ2v) is 8.51. The zero-order valence-electron chi connectivity index (χ0n) is 16.7. The van der Waals surface area contributed by atoms with Crippen molar-refractivity contribution in [1.29, 1.82) is 0 Å². The maximum absolute atomic E-state index is 11.1. The number of hydrogen-bond donors (Lipinski definition) is 1. The molecule has 5 aromatic rings. The summed E-state index contributed by atoms with van der Waals surface area (Å²) in [6, 6.07) is 19.4. The van der Waals surface area contributed by atoms with E-state index in [4.69, 9.17) is 16.0 Å². The Balaban J connectivity index is 1.53. The number of nitro benzene ring substituents is 1. The number of aromatic hydroxyl groups is 1. The minimum absolute atomic E-state index is 0.213. The second kappa shape index (κ2) is 8.31. The van der Waals surface area contributed by atoms with Gasteiger partial charge in [0.05, 0.1) is 10.6 Å². The molecule has 0 amide bonds. The molecule has 0 bridgehead atoms. The maximum atomic E-state index is 11.1. The van der Waals surface area contributed by atoms with Crippen molar-refractivity contribution in [2.24, 2.45) is 4.99 Å². The smallest absolute Gasteiger partial charge is 0.312 e. The molecule has 9 heteroatoms. The highest BCUT2D eigenvalue weighted by Gasteiger charge is 2.18. The summed E-state index contributed by atoms with van der Waals surface area (Å²) >= 11 is 9.54. The fraction of sp³-hybridized carbons (Fsp3) is 0. The topological polar surface area (TPSA) is 102 Å². The predicted molar refractivity (Wildman–Crippen MR) is 132 cm³/mol. The summed E-state index contributed by atoms with van der Waals surface area (Å²) in [6.07, 6.45) is 1.36. The number of rotatable bonds is 4. The van der Waals surface area contributed by atoms with Crippen LogP contribution in [-0.2, 0) is 0 Å². The molecular weight excluding hydrogens is 510 g/mol. The molecule has 1 aromatic heterocycles. The van der Waals surface area contributed by atoms with Gasteiger partial charge in [-0.3, -0.25) is 15.1 Å². The molecule has 0 aliphatic heterocycles. The van der Waals surface area contributed by atoms with Gasteiger partial charge in [-0.1, -0.05) is 51.8 Å². The van der Waals surface area contributed by atoms with Gasteiger partial charge in [0.25, 0.3) is 0 Å². The van der Waals surface area contributed by atoms with Crippen LogP contribution in [0.25, 0.3) is 33.3 Å². The van der Waals surface area contributed by atoms with Gasteiger partial charge in [0.15, 0.2) is 5.58 Å². The number of halogens is 2. The van der Waals surface area contributed by atoms with Crippen molar-refractivity contribution in [3.8, 4) is 17.2 Å². The Kier molecular flexibility index (Phi) is 5.32. The molecule has 0 radical (unpaired) electrons. The average molecular weight is 523 g/mol. The standard InChI is InChI=1S/C24H13BrClN3O4/c25-14-9-13(23(30)21(10-14)29(31)32)12-27-15-7-8-22-20(11-15)28-24(33-22)18-5-1-4-17-16(18)3-2-6-19(17)26/h1-12,30H. The van der Waals surface area contributed by atoms with Crippen LogP contribution in [0.2, 0.25) is 5.02 Å². The lowest BCUT2D eigenvalue weighted by molar-refractivity contribution is -0.385. The first-order valence-corrected chi connectivity index (χ1v) is 10.9. The van der Waals surface area contributed by atoms with Gasteiger partial charge in [-0.2, -0.15) is 0 Å². The second-order valence-electron chi connectivity index (χ2n) is 7.19. The van der Waals surface area contributed by atoms with Crippen LogP contribution in [-0.4, -0.2) is 21.2 Å². The van der Waals surface area contributed by atoms with Crippen molar-refractivity contribution >= 4 is 67.0 Å². The third-order valence-electron chi connectivity index (χ3n) is 5.10. The van der Waals surface area contributed by atoms with E-state index < -0.39 is 16.4 Å². The largest absolute Gasteiger partial charge is 0.502 e. The van der Waals surface area contributed by atoms with E-state index in [1.165, 1.54) is 12.3 Å². The van der Waals surface area contributed by atoms with Crippen LogP contribution in [0.5, 0.6) is 5.75 Å². The fourth-order valence-corrected chi connectivity index (χ4v) is 4.26. The maximum Gasteiger partial charge on any atom is 0.312 e. The molecule has 1 N–H and O–H groups in total. The van der Waals surface area contributed by atoms with Crippen LogP contribution in [0, 0.1) is 10.1 Å². The van der Waals surface area contributed by atoms with Gasteiger partial charge in [-0.15, -0.1) is 0 Å². The summed E-state index contributed by atoms with van der Waals surface area (Å²) in [5, 5.41) is 23.8. The Morgan fingerprint density at radius 3 is 2.70 bits per heavy atom. The van der Waals surface area contributed by atoms with Crippen LogP contribution >= 0.6 is 27.5 Å². The van der Waals surface area contributed by atoms with Crippen molar-refractivity contribution in [2.45, 2.75) is 0 Å². The van der Waals surface area contributed by atoms with E-state index in [1.807, 2.05) is 36.4 Å². The number of nitrogens with zero attached hydrogens (tertiary/aromatic N) is 3.